The first-order valence-electron chi connectivity index (χ1n) is 7.20. The van der Waals surface area contributed by atoms with Gasteiger partial charge in [0.1, 0.15) is 0 Å². The monoisotopic (exact) mass is 264 g/mol. The average Bonchev–Trinajstić information content (AvgIpc) is 2.41. The first-order chi connectivity index (χ1) is 9.16. The zero-order valence-corrected chi connectivity index (χ0v) is 11.9. The predicted molar refractivity (Wildman–Crippen MR) is 76.6 cm³/mol. The van der Waals surface area contributed by atoms with Gasteiger partial charge >= 0.3 is 0 Å². The molecule has 0 amide bonds. The van der Waals surface area contributed by atoms with Crippen molar-refractivity contribution in [2.45, 2.75) is 33.2 Å². The number of nitrogens with zero attached hydrogens (tertiary/aromatic N) is 1. The molecule has 19 heavy (non-hydrogen) atoms. The second-order valence-corrected chi connectivity index (χ2v) is 5.75. The minimum atomic E-state index is -0.00581. The van der Waals surface area contributed by atoms with Crippen molar-refractivity contribution >= 4 is 0 Å². The van der Waals surface area contributed by atoms with E-state index in [1.165, 1.54) is 12.8 Å². The van der Waals surface area contributed by atoms with Gasteiger partial charge in [-0.1, -0.05) is 13.8 Å². The van der Waals surface area contributed by atoms with Gasteiger partial charge in [0.25, 0.3) is 5.56 Å². The van der Waals surface area contributed by atoms with Gasteiger partial charge in [-0.25, -0.2) is 0 Å². The molecule has 1 atom stereocenters. The summed E-state index contributed by atoms with van der Waals surface area (Å²) in [5, 5.41) is 3.38. The molecule has 2 heterocycles. The minimum absolute atomic E-state index is 0.00581. The van der Waals surface area contributed by atoms with Gasteiger partial charge in [-0.3, -0.25) is 4.79 Å². The maximum absolute atomic E-state index is 12.3. The fraction of sp³-hybridized carbons (Fsp3) is 0.667. The lowest BCUT2D eigenvalue weighted by Gasteiger charge is -2.23. The molecule has 1 saturated heterocycles. The molecular formula is C15H24N2O2. The van der Waals surface area contributed by atoms with Crippen molar-refractivity contribution < 1.29 is 4.74 Å². The molecule has 1 aliphatic heterocycles. The average molecular weight is 264 g/mol. The Morgan fingerprint density at radius 3 is 3.05 bits per heavy atom. The lowest BCUT2D eigenvalue weighted by atomic mass is 10.00. The van der Waals surface area contributed by atoms with Crippen LogP contribution in [0, 0.1) is 11.8 Å². The molecule has 2 rings (SSSR count). The third kappa shape index (κ3) is 4.10. The summed E-state index contributed by atoms with van der Waals surface area (Å²) in [5.41, 5.74) is -0.00581. The van der Waals surface area contributed by atoms with Crippen molar-refractivity contribution in [2.24, 2.45) is 11.8 Å². The van der Waals surface area contributed by atoms with Crippen molar-refractivity contribution in [3.8, 4) is 5.75 Å². The molecule has 1 unspecified atom stereocenters. The molecule has 106 valence electrons. The summed E-state index contributed by atoms with van der Waals surface area (Å²) in [6.07, 6.45) is 4.25. The Balaban J connectivity index is 2.04. The van der Waals surface area contributed by atoms with Crippen molar-refractivity contribution in [2.75, 3.05) is 19.7 Å². The van der Waals surface area contributed by atoms with Crippen LogP contribution in [0.4, 0.5) is 0 Å². The molecule has 4 nitrogen and oxygen atoms in total. The van der Waals surface area contributed by atoms with Gasteiger partial charge in [0.05, 0.1) is 6.61 Å². The predicted octanol–water partition coefficient (Wildman–Crippen LogP) is 1.88. The van der Waals surface area contributed by atoms with E-state index in [1.807, 2.05) is 12.3 Å². The molecule has 1 aromatic heterocycles. The van der Waals surface area contributed by atoms with E-state index >= 15 is 0 Å². The van der Waals surface area contributed by atoms with Crippen molar-refractivity contribution in [1.29, 1.82) is 0 Å². The summed E-state index contributed by atoms with van der Waals surface area (Å²) in [6, 6.07) is 3.66. The van der Waals surface area contributed by atoms with Crippen molar-refractivity contribution in [3.05, 3.63) is 28.7 Å². The lowest BCUT2D eigenvalue weighted by molar-refractivity contribution is 0.263. The number of hydrogen-bond acceptors (Lipinski definition) is 3. The minimum Gasteiger partial charge on any atom is -0.488 e. The molecule has 1 aliphatic rings. The van der Waals surface area contributed by atoms with Crippen LogP contribution in [0.25, 0.3) is 0 Å². The summed E-state index contributed by atoms with van der Waals surface area (Å²) >= 11 is 0. The summed E-state index contributed by atoms with van der Waals surface area (Å²) in [7, 11) is 0. The molecule has 0 radical (unpaired) electrons. The molecule has 0 aromatic carbocycles. The van der Waals surface area contributed by atoms with Crippen LogP contribution in [0.1, 0.15) is 26.7 Å². The second-order valence-electron chi connectivity index (χ2n) is 5.75. The lowest BCUT2D eigenvalue weighted by Crippen LogP contribution is -2.34. The van der Waals surface area contributed by atoms with Crippen molar-refractivity contribution in [1.82, 2.24) is 9.88 Å². The molecular weight excluding hydrogens is 240 g/mol. The molecule has 1 N–H and O–H groups in total. The van der Waals surface area contributed by atoms with E-state index in [0.29, 0.717) is 24.2 Å². The van der Waals surface area contributed by atoms with Gasteiger partial charge in [0, 0.05) is 12.7 Å². The fourth-order valence-corrected chi connectivity index (χ4v) is 2.38. The van der Waals surface area contributed by atoms with Gasteiger partial charge < -0.3 is 14.6 Å². The first kappa shape index (κ1) is 14.1. The standard InChI is InChI=1S/C15H24N2O2/c1-12(2)11-19-14-6-4-8-17(15(14)18)10-13-5-3-7-16-9-13/h4,6,8,12-13,16H,3,5,7,9-11H2,1-2H3. The third-order valence-electron chi connectivity index (χ3n) is 3.41. The smallest absolute Gasteiger partial charge is 0.292 e. The Morgan fingerprint density at radius 1 is 1.53 bits per heavy atom. The van der Waals surface area contributed by atoms with Gasteiger partial charge in [-0.15, -0.1) is 0 Å². The highest BCUT2D eigenvalue weighted by Gasteiger charge is 2.15. The molecule has 1 fully saturated rings. The highest BCUT2D eigenvalue weighted by Crippen LogP contribution is 2.12. The van der Waals surface area contributed by atoms with Gasteiger partial charge in [-0.05, 0) is 49.9 Å². The van der Waals surface area contributed by atoms with Gasteiger partial charge in [0.15, 0.2) is 5.75 Å². The van der Waals surface area contributed by atoms with Crippen LogP contribution in [0.5, 0.6) is 5.75 Å². The van der Waals surface area contributed by atoms with Crippen LogP contribution in [-0.4, -0.2) is 24.3 Å². The molecule has 0 aliphatic carbocycles. The summed E-state index contributed by atoms with van der Waals surface area (Å²) in [5.74, 6) is 1.45. The largest absolute Gasteiger partial charge is 0.488 e. The van der Waals surface area contributed by atoms with E-state index in [-0.39, 0.29) is 5.56 Å². The third-order valence-corrected chi connectivity index (χ3v) is 3.41. The van der Waals surface area contributed by atoms with Gasteiger partial charge in [0.2, 0.25) is 0 Å². The number of pyridine rings is 1. The highest BCUT2D eigenvalue weighted by atomic mass is 16.5. The van der Waals surface area contributed by atoms with E-state index < -0.39 is 0 Å². The van der Waals surface area contributed by atoms with E-state index in [0.717, 1.165) is 19.6 Å². The van der Waals surface area contributed by atoms with Crippen LogP contribution in [0.15, 0.2) is 23.1 Å². The van der Waals surface area contributed by atoms with Crippen LogP contribution < -0.4 is 15.6 Å². The number of rotatable bonds is 5. The molecule has 0 saturated carbocycles. The molecule has 0 spiro atoms. The second kappa shape index (κ2) is 6.75. The Morgan fingerprint density at radius 2 is 2.37 bits per heavy atom. The summed E-state index contributed by atoms with van der Waals surface area (Å²) in [6.45, 7) is 7.63. The number of nitrogens with one attached hydrogen (secondary N) is 1. The van der Waals surface area contributed by atoms with E-state index in [1.54, 1.807) is 10.6 Å². The molecule has 1 aromatic rings. The zero-order valence-electron chi connectivity index (χ0n) is 11.9. The van der Waals surface area contributed by atoms with Crippen molar-refractivity contribution in [3.63, 3.8) is 0 Å². The van der Waals surface area contributed by atoms with E-state index in [2.05, 4.69) is 19.2 Å². The maximum Gasteiger partial charge on any atom is 0.292 e. The van der Waals surface area contributed by atoms with E-state index in [4.69, 9.17) is 4.74 Å². The number of aromatic nitrogens is 1. The van der Waals surface area contributed by atoms with Crippen LogP contribution in [-0.2, 0) is 6.54 Å². The number of ether oxygens (including phenoxy) is 1. The SMILES string of the molecule is CC(C)COc1cccn(CC2CCCNC2)c1=O. The Hall–Kier alpha value is -1.29. The normalized spacial score (nSPS) is 19.6. The van der Waals surface area contributed by atoms with Crippen LogP contribution >= 0.6 is 0 Å². The topological polar surface area (TPSA) is 43.3 Å². The molecule has 0 bridgehead atoms. The summed E-state index contributed by atoms with van der Waals surface area (Å²) < 4.78 is 7.36. The number of piperidine rings is 1. The molecule has 4 heteroatoms. The number of hydrogen-bond donors (Lipinski definition) is 1. The van der Waals surface area contributed by atoms with E-state index in [9.17, 15) is 4.79 Å². The Labute approximate surface area is 114 Å². The van der Waals surface area contributed by atoms with Crippen LogP contribution in [0.2, 0.25) is 0 Å². The van der Waals surface area contributed by atoms with Gasteiger partial charge in [-0.2, -0.15) is 0 Å². The zero-order chi connectivity index (χ0) is 13.7. The summed E-state index contributed by atoms with van der Waals surface area (Å²) in [4.78, 5) is 12.3. The maximum atomic E-state index is 12.3. The Kier molecular flexibility index (Phi) is 5.02. The Bertz CT molecular complexity index is 448. The highest BCUT2D eigenvalue weighted by molar-refractivity contribution is 5.17. The fourth-order valence-electron chi connectivity index (χ4n) is 2.38. The van der Waals surface area contributed by atoms with Crippen LogP contribution in [0.3, 0.4) is 0 Å². The first-order valence-corrected chi connectivity index (χ1v) is 7.20. The quantitative estimate of drug-likeness (QED) is 0.883.